The molecule has 0 radical (unpaired) electrons. The van der Waals surface area contributed by atoms with Gasteiger partial charge in [0.25, 0.3) is 0 Å². The van der Waals surface area contributed by atoms with Gasteiger partial charge in [0.15, 0.2) is 0 Å². The van der Waals surface area contributed by atoms with Crippen LogP contribution in [-0.4, -0.2) is 49.1 Å². The van der Waals surface area contributed by atoms with Crippen LogP contribution >= 0.6 is 0 Å². The second kappa shape index (κ2) is 8.51. The van der Waals surface area contributed by atoms with Crippen molar-refractivity contribution in [1.29, 1.82) is 0 Å². The number of aliphatic carboxylic acids is 1. The summed E-state index contributed by atoms with van der Waals surface area (Å²) in [6, 6.07) is 0. The molecule has 0 rings (SSSR count). The highest BCUT2D eigenvalue weighted by Gasteiger charge is 2.33. The minimum absolute atomic E-state index is 0.143. The van der Waals surface area contributed by atoms with E-state index in [1.54, 1.807) is 7.05 Å². The summed E-state index contributed by atoms with van der Waals surface area (Å²) in [5.41, 5.74) is -0.971. The van der Waals surface area contributed by atoms with Gasteiger partial charge < -0.3 is 19.9 Å². The molecule has 0 aliphatic carbocycles. The Hall–Kier alpha value is -0.650. The van der Waals surface area contributed by atoms with Crippen LogP contribution in [0, 0.1) is 0 Å². The Morgan fingerprint density at radius 2 is 1.84 bits per heavy atom. The fraction of sp³-hybridized carbons (Fsp3) is 0.929. The Balaban J connectivity index is 3.76. The smallest absolute Gasteiger partial charge is 0.323 e. The lowest BCUT2D eigenvalue weighted by atomic mass is 9.91. The fourth-order valence-corrected chi connectivity index (χ4v) is 1.83. The molecule has 1 atom stereocenters. The summed E-state index contributed by atoms with van der Waals surface area (Å²) < 4.78 is 11.0. The number of rotatable bonds is 10. The first-order valence-electron chi connectivity index (χ1n) is 6.91. The van der Waals surface area contributed by atoms with Crippen LogP contribution in [0.4, 0.5) is 0 Å². The van der Waals surface area contributed by atoms with Gasteiger partial charge in [0, 0.05) is 6.61 Å². The van der Waals surface area contributed by atoms with Gasteiger partial charge in [-0.2, -0.15) is 0 Å². The molecule has 0 aliphatic rings. The average molecular weight is 275 g/mol. The second-order valence-electron chi connectivity index (χ2n) is 5.67. The first-order valence-corrected chi connectivity index (χ1v) is 6.91. The molecule has 0 saturated heterocycles. The molecule has 114 valence electrons. The normalized spacial score (nSPS) is 15.2. The van der Waals surface area contributed by atoms with E-state index in [0.717, 1.165) is 6.42 Å². The largest absolute Gasteiger partial charge is 0.480 e. The topological polar surface area (TPSA) is 67.8 Å². The number of carboxylic acid groups (broad SMARTS) is 1. The summed E-state index contributed by atoms with van der Waals surface area (Å²) in [6.07, 6.45) is 1.85. The van der Waals surface area contributed by atoms with E-state index in [0.29, 0.717) is 32.7 Å². The lowest BCUT2D eigenvalue weighted by Crippen LogP contribution is -2.49. The van der Waals surface area contributed by atoms with Crippen LogP contribution < -0.4 is 5.32 Å². The molecule has 19 heavy (non-hydrogen) atoms. The maximum absolute atomic E-state index is 11.2. The van der Waals surface area contributed by atoms with E-state index >= 15 is 0 Å². The lowest BCUT2D eigenvalue weighted by molar-refractivity contribution is -0.145. The van der Waals surface area contributed by atoms with Gasteiger partial charge >= 0.3 is 5.97 Å². The predicted octanol–water partition coefficient (Wildman–Crippen LogP) is 2.05. The Morgan fingerprint density at radius 3 is 2.26 bits per heavy atom. The fourth-order valence-electron chi connectivity index (χ4n) is 1.83. The van der Waals surface area contributed by atoms with E-state index < -0.39 is 11.5 Å². The molecule has 0 bridgehead atoms. The molecule has 2 N–H and O–H groups in total. The zero-order valence-corrected chi connectivity index (χ0v) is 12.9. The molecule has 5 nitrogen and oxygen atoms in total. The molecule has 0 aliphatic heterocycles. The Bertz CT molecular complexity index is 257. The Kier molecular flexibility index (Phi) is 8.22. The molecule has 5 heteroatoms. The summed E-state index contributed by atoms with van der Waals surface area (Å²) in [4.78, 5) is 11.2. The maximum Gasteiger partial charge on any atom is 0.323 e. The molecule has 0 fully saturated rings. The van der Waals surface area contributed by atoms with Gasteiger partial charge in [-0.15, -0.1) is 0 Å². The highest BCUT2D eigenvalue weighted by atomic mass is 16.5. The van der Waals surface area contributed by atoms with Gasteiger partial charge in [-0.1, -0.05) is 6.92 Å². The first-order chi connectivity index (χ1) is 8.77. The van der Waals surface area contributed by atoms with Gasteiger partial charge in [0.1, 0.15) is 5.54 Å². The minimum atomic E-state index is -0.828. The number of carboxylic acids is 1. The number of carbonyl (C=O) groups is 1. The van der Waals surface area contributed by atoms with E-state index in [1.807, 2.05) is 27.7 Å². The second-order valence-corrected chi connectivity index (χ2v) is 5.67. The summed E-state index contributed by atoms with van der Waals surface area (Å²) in [5.74, 6) is -0.798. The van der Waals surface area contributed by atoms with Gasteiger partial charge in [-0.05, 0) is 47.1 Å². The summed E-state index contributed by atoms with van der Waals surface area (Å²) in [5, 5.41) is 12.1. The quantitative estimate of drug-likeness (QED) is 0.597. The number of ether oxygens (including phenoxy) is 2. The van der Waals surface area contributed by atoms with E-state index in [1.165, 1.54) is 0 Å². The molecule has 0 aromatic rings. The van der Waals surface area contributed by atoms with Crippen LogP contribution in [0.2, 0.25) is 0 Å². The molecule has 0 saturated carbocycles. The van der Waals surface area contributed by atoms with E-state index in [4.69, 9.17) is 9.47 Å². The third kappa shape index (κ3) is 7.50. The van der Waals surface area contributed by atoms with E-state index in [9.17, 15) is 9.90 Å². The third-order valence-corrected chi connectivity index (χ3v) is 3.15. The van der Waals surface area contributed by atoms with Crippen molar-refractivity contribution in [2.24, 2.45) is 0 Å². The average Bonchev–Trinajstić information content (AvgIpc) is 2.31. The minimum Gasteiger partial charge on any atom is -0.480 e. The monoisotopic (exact) mass is 275 g/mol. The van der Waals surface area contributed by atoms with Crippen molar-refractivity contribution in [3.05, 3.63) is 0 Å². The van der Waals surface area contributed by atoms with Crippen LogP contribution in [0.25, 0.3) is 0 Å². The molecular formula is C14H29NO4. The maximum atomic E-state index is 11.2. The van der Waals surface area contributed by atoms with Gasteiger partial charge in [0.2, 0.25) is 0 Å². The predicted molar refractivity (Wildman–Crippen MR) is 75.5 cm³/mol. The molecule has 0 spiro atoms. The van der Waals surface area contributed by atoms with Crippen molar-refractivity contribution in [3.8, 4) is 0 Å². The Morgan fingerprint density at radius 1 is 1.21 bits per heavy atom. The number of hydrogen-bond acceptors (Lipinski definition) is 4. The third-order valence-electron chi connectivity index (χ3n) is 3.15. The molecule has 0 aromatic carbocycles. The number of likely N-dealkylation sites (N-methyl/N-ethyl adjacent to an activating group) is 1. The van der Waals surface area contributed by atoms with Crippen LogP contribution in [0.5, 0.6) is 0 Å². The van der Waals surface area contributed by atoms with Crippen LogP contribution in [0.15, 0.2) is 0 Å². The molecule has 0 heterocycles. The summed E-state index contributed by atoms with van der Waals surface area (Å²) >= 11 is 0. The van der Waals surface area contributed by atoms with Crippen molar-refractivity contribution >= 4 is 5.97 Å². The van der Waals surface area contributed by atoms with Gasteiger partial charge in [0.05, 0.1) is 18.8 Å². The van der Waals surface area contributed by atoms with Crippen LogP contribution in [0.3, 0.4) is 0 Å². The molecule has 0 aromatic heterocycles. The van der Waals surface area contributed by atoms with E-state index in [2.05, 4.69) is 5.32 Å². The van der Waals surface area contributed by atoms with Crippen LogP contribution in [0.1, 0.15) is 47.0 Å². The van der Waals surface area contributed by atoms with E-state index in [-0.39, 0.29) is 5.60 Å². The highest BCUT2D eigenvalue weighted by Crippen LogP contribution is 2.17. The first kappa shape index (κ1) is 18.4. The summed E-state index contributed by atoms with van der Waals surface area (Å²) in [7, 11) is 1.69. The van der Waals surface area contributed by atoms with Crippen molar-refractivity contribution in [1.82, 2.24) is 5.32 Å². The lowest BCUT2D eigenvalue weighted by Gasteiger charge is -2.27. The molecular weight excluding hydrogens is 246 g/mol. The molecule has 0 amide bonds. The zero-order valence-electron chi connectivity index (χ0n) is 12.9. The molecule has 1 unspecified atom stereocenters. The zero-order chi connectivity index (χ0) is 14.9. The SMILES string of the molecule is CCC(CCCOCCOC(C)(C)C)(NC)C(=O)O. The number of nitrogens with one attached hydrogen (secondary N) is 1. The van der Waals surface area contributed by atoms with Gasteiger partial charge in [-0.3, -0.25) is 4.79 Å². The standard InChI is InChI=1S/C14H29NO4/c1-6-14(15-5,12(16)17)8-7-9-18-10-11-19-13(2,3)4/h15H,6-11H2,1-5H3,(H,16,17). The van der Waals surface area contributed by atoms with Crippen LogP contribution in [-0.2, 0) is 14.3 Å². The van der Waals surface area contributed by atoms with Crippen molar-refractivity contribution in [2.75, 3.05) is 26.9 Å². The summed E-state index contributed by atoms with van der Waals surface area (Å²) in [6.45, 7) is 9.55. The van der Waals surface area contributed by atoms with Crippen molar-refractivity contribution < 1.29 is 19.4 Å². The van der Waals surface area contributed by atoms with Crippen molar-refractivity contribution in [3.63, 3.8) is 0 Å². The highest BCUT2D eigenvalue weighted by molar-refractivity contribution is 5.78. The van der Waals surface area contributed by atoms with Gasteiger partial charge in [-0.25, -0.2) is 0 Å². The van der Waals surface area contributed by atoms with Crippen molar-refractivity contribution in [2.45, 2.75) is 58.1 Å². The Labute approximate surface area is 116 Å². The number of hydrogen-bond donors (Lipinski definition) is 2.